The van der Waals surface area contributed by atoms with Gasteiger partial charge in [-0.1, -0.05) is 30.5 Å². The summed E-state index contributed by atoms with van der Waals surface area (Å²) in [6, 6.07) is 33.8. The summed E-state index contributed by atoms with van der Waals surface area (Å²) in [5, 5.41) is 0. The largest absolute Gasteiger partial charge is 0.381 e. The molecule has 0 saturated heterocycles. The number of hydrogen-bond donors (Lipinski definition) is 0. The SMILES string of the molecule is Cc1ccnc(-c2c[c-]ccn2)c1.[Re].c1ccc(-c2ccccn2)nc1.c1ccc(-c2ccccn2)nc1. The van der Waals surface area contributed by atoms with Crippen molar-refractivity contribution in [3.05, 3.63) is 146 Å². The van der Waals surface area contributed by atoms with Crippen molar-refractivity contribution in [3.63, 3.8) is 0 Å². The van der Waals surface area contributed by atoms with Crippen molar-refractivity contribution < 1.29 is 20.4 Å². The zero-order valence-corrected chi connectivity index (χ0v) is 23.5. The van der Waals surface area contributed by atoms with Crippen LogP contribution < -0.4 is 0 Å². The molecule has 187 valence electrons. The average molecular weight is 668 g/mol. The maximum atomic E-state index is 4.23. The second-order valence-corrected chi connectivity index (χ2v) is 7.72. The van der Waals surface area contributed by atoms with Gasteiger partial charge in [0.15, 0.2) is 0 Å². The van der Waals surface area contributed by atoms with Crippen LogP contribution in [0.15, 0.2) is 134 Å². The normalized spacial score (nSPS) is 9.50. The Hall–Kier alpha value is -4.44. The zero-order valence-electron chi connectivity index (χ0n) is 20.8. The summed E-state index contributed by atoms with van der Waals surface area (Å²) in [5.41, 5.74) is 6.62. The van der Waals surface area contributed by atoms with Crippen LogP contribution in [0.5, 0.6) is 0 Å². The molecule has 0 fully saturated rings. The second-order valence-electron chi connectivity index (χ2n) is 7.72. The molecule has 6 aromatic rings. The first-order valence-corrected chi connectivity index (χ1v) is 11.7. The van der Waals surface area contributed by atoms with Gasteiger partial charge in [-0.15, -0.1) is 0 Å². The van der Waals surface area contributed by atoms with Crippen molar-refractivity contribution in [3.8, 4) is 34.2 Å². The maximum absolute atomic E-state index is 4.23. The van der Waals surface area contributed by atoms with Crippen molar-refractivity contribution in [2.75, 3.05) is 0 Å². The molecule has 0 aromatic carbocycles. The minimum Gasteiger partial charge on any atom is -0.381 e. The van der Waals surface area contributed by atoms with Crippen molar-refractivity contribution in [2.24, 2.45) is 0 Å². The molecule has 38 heavy (non-hydrogen) atoms. The molecule has 0 aliphatic carbocycles. The van der Waals surface area contributed by atoms with Gasteiger partial charge < -0.3 is 4.98 Å². The van der Waals surface area contributed by atoms with E-state index in [2.05, 4.69) is 36.0 Å². The van der Waals surface area contributed by atoms with Crippen LogP contribution in [-0.4, -0.2) is 29.9 Å². The van der Waals surface area contributed by atoms with E-state index in [1.807, 2.05) is 97.9 Å². The molecule has 0 aliphatic heterocycles. The Labute approximate surface area is 236 Å². The summed E-state index contributed by atoms with van der Waals surface area (Å²) >= 11 is 0. The topological polar surface area (TPSA) is 77.3 Å². The number of aryl methyl sites for hydroxylation is 1. The maximum Gasteiger partial charge on any atom is 0.0886 e. The van der Waals surface area contributed by atoms with E-state index >= 15 is 0 Å². The first-order valence-electron chi connectivity index (χ1n) is 11.7. The minimum atomic E-state index is 0. The van der Waals surface area contributed by atoms with Crippen molar-refractivity contribution in [2.45, 2.75) is 6.92 Å². The van der Waals surface area contributed by atoms with E-state index in [4.69, 9.17) is 0 Å². The van der Waals surface area contributed by atoms with E-state index in [9.17, 15) is 0 Å². The van der Waals surface area contributed by atoms with Crippen molar-refractivity contribution in [1.29, 1.82) is 0 Å². The molecule has 6 aromatic heterocycles. The summed E-state index contributed by atoms with van der Waals surface area (Å²) in [7, 11) is 0. The molecule has 0 bridgehead atoms. The molecule has 0 N–H and O–H groups in total. The van der Waals surface area contributed by atoms with E-state index in [-0.39, 0.29) is 20.4 Å². The summed E-state index contributed by atoms with van der Waals surface area (Å²) < 4.78 is 0. The summed E-state index contributed by atoms with van der Waals surface area (Å²) in [5.74, 6) is 0. The molecule has 0 atom stereocenters. The van der Waals surface area contributed by atoms with E-state index in [1.165, 1.54) is 5.56 Å². The van der Waals surface area contributed by atoms with Gasteiger partial charge in [-0.2, -0.15) is 18.2 Å². The molecule has 0 saturated carbocycles. The third-order valence-corrected chi connectivity index (χ3v) is 4.97. The Bertz CT molecular complexity index is 1300. The molecular weight excluding hydrogens is 643 g/mol. The number of nitrogens with zero attached hydrogens (tertiary/aromatic N) is 6. The first kappa shape index (κ1) is 28.1. The fourth-order valence-corrected chi connectivity index (χ4v) is 3.20. The van der Waals surface area contributed by atoms with Crippen LogP contribution in [0.25, 0.3) is 34.2 Å². The minimum absolute atomic E-state index is 0. The Morgan fingerprint density at radius 3 is 1.21 bits per heavy atom. The molecule has 6 nitrogen and oxygen atoms in total. The standard InChI is InChI=1S/C11H9N2.2C10H8N2.Re/c1-9-5-7-13-11(8-9)10-4-2-3-6-12-10;2*1-3-7-11-9(5-1)10-6-2-4-8-12-10;/h3-8H,1H3;2*1-8H;/q-1;;;. The molecule has 0 spiro atoms. The average Bonchev–Trinajstić information content (AvgIpc) is 3.00. The van der Waals surface area contributed by atoms with Crippen LogP contribution in [0, 0.1) is 13.0 Å². The van der Waals surface area contributed by atoms with Gasteiger partial charge in [0.25, 0.3) is 0 Å². The van der Waals surface area contributed by atoms with Gasteiger partial charge in [-0.05, 0) is 78.8 Å². The summed E-state index contributed by atoms with van der Waals surface area (Å²) in [4.78, 5) is 25.2. The van der Waals surface area contributed by atoms with E-state index in [0.717, 1.165) is 34.2 Å². The van der Waals surface area contributed by atoms with Crippen LogP contribution in [0.1, 0.15) is 5.56 Å². The van der Waals surface area contributed by atoms with Gasteiger partial charge in [0.1, 0.15) is 0 Å². The molecule has 6 rings (SSSR count). The van der Waals surface area contributed by atoms with Gasteiger partial charge in [0, 0.05) is 57.1 Å². The predicted octanol–water partition coefficient (Wildman–Crippen LogP) is 6.54. The van der Waals surface area contributed by atoms with Gasteiger partial charge in [0.2, 0.25) is 0 Å². The molecule has 1 radical (unpaired) electrons. The third kappa shape index (κ3) is 8.90. The van der Waals surface area contributed by atoms with Gasteiger partial charge in [-0.25, -0.2) is 0 Å². The quantitative estimate of drug-likeness (QED) is 0.200. The Kier molecular flexibility index (Phi) is 11.6. The molecule has 7 heteroatoms. The van der Waals surface area contributed by atoms with Crippen LogP contribution in [-0.2, 0) is 20.4 Å². The number of hydrogen-bond acceptors (Lipinski definition) is 6. The van der Waals surface area contributed by atoms with Crippen LogP contribution in [0.3, 0.4) is 0 Å². The Morgan fingerprint density at radius 2 is 0.868 bits per heavy atom. The van der Waals surface area contributed by atoms with Gasteiger partial charge >= 0.3 is 0 Å². The molecular formula is C31H25N6Re-. The number of pyridine rings is 6. The first-order chi connectivity index (χ1) is 18.3. The summed E-state index contributed by atoms with van der Waals surface area (Å²) in [6.45, 7) is 2.04. The number of rotatable bonds is 3. The Balaban J connectivity index is 0.000000156. The second kappa shape index (κ2) is 15.6. The smallest absolute Gasteiger partial charge is 0.0886 e. The van der Waals surface area contributed by atoms with Crippen molar-refractivity contribution in [1.82, 2.24) is 29.9 Å². The molecule has 0 unspecified atom stereocenters. The van der Waals surface area contributed by atoms with Crippen molar-refractivity contribution >= 4 is 0 Å². The van der Waals surface area contributed by atoms with Crippen LogP contribution >= 0.6 is 0 Å². The third-order valence-electron chi connectivity index (χ3n) is 4.97. The van der Waals surface area contributed by atoms with E-state index < -0.39 is 0 Å². The molecule has 0 aliphatic rings. The van der Waals surface area contributed by atoms with Gasteiger partial charge in [0.05, 0.1) is 22.8 Å². The van der Waals surface area contributed by atoms with Gasteiger partial charge in [-0.3, -0.25) is 24.9 Å². The van der Waals surface area contributed by atoms with Crippen LogP contribution in [0.4, 0.5) is 0 Å². The fraction of sp³-hybridized carbons (Fsp3) is 0.0323. The predicted molar refractivity (Wildman–Crippen MR) is 146 cm³/mol. The summed E-state index contributed by atoms with van der Waals surface area (Å²) in [6.07, 6.45) is 10.6. The molecule has 0 amide bonds. The fourth-order valence-electron chi connectivity index (χ4n) is 3.20. The van der Waals surface area contributed by atoms with Crippen LogP contribution in [0.2, 0.25) is 0 Å². The number of aromatic nitrogens is 6. The van der Waals surface area contributed by atoms with E-state index in [1.54, 1.807) is 43.2 Å². The monoisotopic (exact) mass is 668 g/mol. The van der Waals surface area contributed by atoms with E-state index in [0.29, 0.717) is 0 Å². The zero-order chi connectivity index (χ0) is 25.5. The Morgan fingerprint density at radius 1 is 0.447 bits per heavy atom. The molecule has 6 heterocycles.